The zero-order chi connectivity index (χ0) is 11.0. The van der Waals surface area contributed by atoms with Crippen LogP contribution in [0.15, 0.2) is 22.7 Å². The number of H-pyrrole nitrogens is 1. The Morgan fingerprint density at radius 2 is 2.20 bits per heavy atom. The summed E-state index contributed by atoms with van der Waals surface area (Å²) >= 11 is 3.55. The monoisotopic (exact) mass is 268 g/mol. The van der Waals surface area contributed by atoms with Crippen LogP contribution >= 0.6 is 15.9 Å². The van der Waals surface area contributed by atoms with Gasteiger partial charge in [0.1, 0.15) is 5.75 Å². The SMILES string of the molecule is COc1ccc2[nH]c(C(C)N)c(Br)c2c1. The van der Waals surface area contributed by atoms with Gasteiger partial charge in [0, 0.05) is 27.1 Å². The number of aromatic amines is 1. The first-order valence-electron chi connectivity index (χ1n) is 4.74. The first kappa shape index (κ1) is 10.5. The van der Waals surface area contributed by atoms with Crippen molar-refractivity contribution >= 4 is 26.8 Å². The van der Waals surface area contributed by atoms with Crippen molar-refractivity contribution in [1.29, 1.82) is 0 Å². The highest BCUT2D eigenvalue weighted by Crippen LogP contribution is 2.32. The molecule has 0 radical (unpaired) electrons. The van der Waals surface area contributed by atoms with Gasteiger partial charge in [0.2, 0.25) is 0 Å². The fourth-order valence-electron chi connectivity index (χ4n) is 1.60. The lowest BCUT2D eigenvalue weighted by molar-refractivity contribution is 0.415. The molecule has 4 heteroatoms. The molecule has 1 unspecified atom stereocenters. The summed E-state index contributed by atoms with van der Waals surface area (Å²) in [5, 5.41) is 1.10. The van der Waals surface area contributed by atoms with E-state index in [0.717, 1.165) is 26.8 Å². The highest BCUT2D eigenvalue weighted by atomic mass is 79.9. The third-order valence-corrected chi connectivity index (χ3v) is 3.28. The molecule has 0 aliphatic heterocycles. The number of ether oxygens (including phenoxy) is 1. The number of methoxy groups -OCH3 is 1. The largest absolute Gasteiger partial charge is 0.497 e. The van der Waals surface area contributed by atoms with E-state index < -0.39 is 0 Å². The molecule has 1 atom stereocenters. The minimum Gasteiger partial charge on any atom is -0.497 e. The third kappa shape index (κ3) is 1.75. The van der Waals surface area contributed by atoms with Gasteiger partial charge < -0.3 is 15.5 Å². The van der Waals surface area contributed by atoms with Crippen LogP contribution in [0.4, 0.5) is 0 Å². The Labute approximate surface area is 96.7 Å². The van der Waals surface area contributed by atoms with Gasteiger partial charge in [-0.05, 0) is 41.1 Å². The van der Waals surface area contributed by atoms with Crippen LogP contribution in [0.1, 0.15) is 18.7 Å². The van der Waals surface area contributed by atoms with E-state index in [1.807, 2.05) is 25.1 Å². The smallest absolute Gasteiger partial charge is 0.119 e. The van der Waals surface area contributed by atoms with Gasteiger partial charge in [-0.2, -0.15) is 0 Å². The minimum absolute atomic E-state index is 0.0160. The van der Waals surface area contributed by atoms with Crippen molar-refractivity contribution in [3.05, 3.63) is 28.4 Å². The molecular formula is C11H13BrN2O. The molecule has 3 nitrogen and oxygen atoms in total. The Balaban J connectivity index is 2.66. The predicted molar refractivity (Wildman–Crippen MR) is 65.2 cm³/mol. The summed E-state index contributed by atoms with van der Waals surface area (Å²) in [5.41, 5.74) is 7.93. The average molecular weight is 269 g/mol. The molecule has 80 valence electrons. The second kappa shape index (κ2) is 3.87. The highest BCUT2D eigenvalue weighted by molar-refractivity contribution is 9.10. The second-order valence-electron chi connectivity index (χ2n) is 3.55. The molecule has 2 rings (SSSR count). The normalized spacial score (nSPS) is 13.1. The summed E-state index contributed by atoms with van der Waals surface area (Å²) in [5.74, 6) is 0.846. The Bertz CT molecular complexity index is 491. The van der Waals surface area contributed by atoms with E-state index >= 15 is 0 Å². The third-order valence-electron chi connectivity index (χ3n) is 2.42. The van der Waals surface area contributed by atoms with Crippen molar-refractivity contribution in [3.8, 4) is 5.75 Å². The topological polar surface area (TPSA) is 51.0 Å². The van der Waals surface area contributed by atoms with Crippen molar-refractivity contribution in [3.63, 3.8) is 0 Å². The van der Waals surface area contributed by atoms with E-state index in [-0.39, 0.29) is 6.04 Å². The minimum atomic E-state index is -0.0160. The average Bonchev–Trinajstić information content (AvgIpc) is 2.56. The van der Waals surface area contributed by atoms with Crippen LogP contribution in [0.25, 0.3) is 10.9 Å². The number of nitrogens with two attached hydrogens (primary N) is 1. The maximum absolute atomic E-state index is 5.86. The van der Waals surface area contributed by atoms with Crippen LogP contribution < -0.4 is 10.5 Å². The lowest BCUT2D eigenvalue weighted by Crippen LogP contribution is -2.05. The van der Waals surface area contributed by atoms with Gasteiger partial charge in [-0.15, -0.1) is 0 Å². The quantitative estimate of drug-likeness (QED) is 0.880. The van der Waals surface area contributed by atoms with Crippen LogP contribution in [-0.4, -0.2) is 12.1 Å². The van der Waals surface area contributed by atoms with Crippen LogP contribution in [0.2, 0.25) is 0 Å². The molecule has 1 heterocycles. The number of fused-ring (bicyclic) bond motifs is 1. The molecule has 15 heavy (non-hydrogen) atoms. The lowest BCUT2D eigenvalue weighted by atomic mass is 10.2. The summed E-state index contributed by atoms with van der Waals surface area (Å²) in [6.07, 6.45) is 0. The van der Waals surface area contributed by atoms with E-state index in [1.165, 1.54) is 0 Å². The lowest BCUT2D eigenvalue weighted by Gasteiger charge is -2.01. The van der Waals surface area contributed by atoms with E-state index in [4.69, 9.17) is 10.5 Å². The first-order chi connectivity index (χ1) is 7.13. The molecule has 0 spiro atoms. The molecule has 1 aromatic carbocycles. The van der Waals surface area contributed by atoms with Crippen LogP contribution in [0, 0.1) is 0 Å². The van der Waals surface area contributed by atoms with E-state index in [1.54, 1.807) is 7.11 Å². The number of nitrogens with one attached hydrogen (secondary N) is 1. The Morgan fingerprint density at radius 3 is 2.80 bits per heavy atom. The van der Waals surface area contributed by atoms with Crippen molar-refractivity contribution in [2.45, 2.75) is 13.0 Å². The van der Waals surface area contributed by atoms with Gasteiger partial charge in [-0.25, -0.2) is 0 Å². The van der Waals surface area contributed by atoms with Crippen molar-refractivity contribution in [2.75, 3.05) is 7.11 Å². The molecular weight excluding hydrogens is 256 g/mol. The summed E-state index contributed by atoms with van der Waals surface area (Å²) < 4.78 is 6.20. The number of benzene rings is 1. The molecule has 0 fully saturated rings. The van der Waals surface area contributed by atoms with Gasteiger partial charge in [0.05, 0.1) is 7.11 Å². The number of rotatable bonds is 2. The van der Waals surface area contributed by atoms with E-state index in [0.29, 0.717) is 0 Å². The van der Waals surface area contributed by atoms with E-state index in [2.05, 4.69) is 20.9 Å². The number of hydrogen-bond donors (Lipinski definition) is 2. The van der Waals surface area contributed by atoms with Crippen molar-refractivity contribution in [2.24, 2.45) is 5.73 Å². The Hall–Kier alpha value is -1.00. The molecule has 0 saturated heterocycles. The maximum Gasteiger partial charge on any atom is 0.119 e. The molecule has 0 bridgehead atoms. The summed E-state index contributed by atoms with van der Waals surface area (Å²) in [6, 6.07) is 5.89. The Morgan fingerprint density at radius 1 is 1.47 bits per heavy atom. The first-order valence-corrected chi connectivity index (χ1v) is 5.53. The standard InChI is InChI=1S/C11H13BrN2O/c1-6(13)11-10(12)8-5-7(15-2)3-4-9(8)14-11/h3-6,14H,13H2,1-2H3. The number of aromatic nitrogens is 1. The fraction of sp³-hybridized carbons (Fsp3) is 0.273. The van der Waals surface area contributed by atoms with Gasteiger partial charge in [-0.3, -0.25) is 0 Å². The second-order valence-corrected chi connectivity index (χ2v) is 4.35. The Kier molecular flexibility index (Phi) is 2.71. The highest BCUT2D eigenvalue weighted by Gasteiger charge is 2.12. The molecule has 2 aromatic rings. The summed E-state index contributed by atoms with van der Waals surface area (Å²) in [7, 11) is 1.66. The predicted octanol–water partition coefficient (Wildman–Crippen LogP) is 2.96. The molecule has 0 saturated carbocycles. The van der Waals surface area contributed by atoms with Gasteiger partial charge in [-0.1, -0.05) is 0 Å². The van der Waals surface area contributed by atoms with Crippen LogP contribution in [0.3, 0.4) is 0 Å². The molecule has 1 aromatic heterocycles. The molecule has 0 amide bonds. The molecule has 0 aliphatic carbocycles. The fourth-order valence-corrected chi connectivity index (χ4v) is 2.39. The number of hydrogen-bond acceptors (Lipinski definition) is 2. The van der Waals surface area contributed by atoms with E-state index in [9.17, 15) is 0 Å². The summed E-state index contributed by atoms with van der Waals surface area (Å²) in [6.45, 7) is 1.95. The van der Waals surface area contributed by atoms with Crippen LogP contribution in [0.5, 0.6) is 5.75 Å². The van der Waals surface area contributed by atoms with Crippen LogP contribution in [-0.2, 0) is 0 Å². The van der Waals surface area contributed by atoms with Crippen molar-refractivity contribution < 1.29 is 4.74 Å². The van der Waals surface area contributed by atoms with Gasteiger partial charge in [0.15, 0.2) is 0 Å². The van der Waals surface area contributed by atoms with Crippen molar-refractivity contribution in [1.82, 2.24) is 4.98 Å². The van der Waals surface area contributed by atoms with Gasteiger partial charge in [0.25, 0.3) is 0 Å². The van der Waals surface area contributed by atoms with Gasteiger partial charge >= 0.3 is 0 Å². The molecule has 3 N–H and O–H groups in total. The number of halogens is 1. The summed E-state index contributed by atoms with van der Waals surface area (Å²) in [4.78, 5) is 3.29. The molecule has 0 aliphatic rings. The maximum atomic E-state index is 5.86. The zero-order valence-electron chi connectivity index (χ0n) is 8.67. The zero-order valence-corrected chi connectivity index (χ0v) is 10.3.